The van der Waals surface area contributed by atoms with E-state index < -0.39 is 0 Å². The minimum Gasteiger partial charge on any atom is -0.481 e. The number of hydrogen-bond donors (Lipinski definition) is 2. The number of nitrogen functional groups attached to an aromatic ring is 1. The Balaban J connectivity index is 2.56. The molecule has 0 amide bonds. The van der Waals surface area contributed by atoms with E-state index in [-0.39, 0.29) is 11.4 Å². The number of nitrogens with one attached hydrogen (secondary N) is 1. The molecule has 0 unspecified atom stereocenters. The number of ether oxygens (including phenoxy) is 1. The zero-order valence-electron chi connectivity index (χ0n) is 9.39. The van der Waals surface area contributed by atoms with Crippen molar-refractivity contribution in [3.63, 3.8) is 0 Å². The minimum atomic E-state index is -0.287. The average Bonchev–Trinajstić information content (AvgIpc) is 2.35. The smallest absolute Gasteiger partial charge is 0.256 e. The molecule has 0 atom stereocenters. The first-order valence-corrected chi connectivity index (χ1v) is 4.84. The van der Waals surface area contributed by atoms with Crippen molar-refractivity contribution in [1.82, 2.24) is 19.9 Å². The van der Waals surface area contributed by atoms with Gasteiger partial charge in [-0.05, 0) is 6.92 Å². The van der Waals surface area contributed by atoms with Crippen LogP contribution in [0.4, 0.5) is 5.82 Å². The van der Waals surface area contributed by atoms with Crippen molar-refractivity contribution in [2.45, 2.75) is 6.92 Å². The summed E-state index contributed by atoms with van der Waals surface area (Å²) in [5, 5.41) is 0. The van der Waals surface area contributed by atoms with Crippen LogP contribution in [0, 0.1) is 6.92 Å². The van der Waals surface area contributed by atoms with E-state index >= 15 is 0 Å². The molecule has 2 aromatic rings. The number of methoxy groups -OCH3 is 1. The fourth-order valence-electron chi connectivity index (χ4n) is 1.25. The largest absolute Gasteiger partial charge is 0.481 e. The molecule has 0 spiro atoms. The van der Waals surface area contributed by atoms with E-state index in [1.165, 1.54) is 13.4 Å². The molecule has 0 aliphatic carbocycles. The Labute approximate surface area is 96.7 Å². The predicted molar refractivity (Wildman–Crippen MR) is 61.6 cm³/mol. The average molecular weight is 233 g/mol. The zero-order chi connectivity index (χ0) is 12.4. The van der Waals surface area contributed by atoms with E-state index in [1.807, 2.05) is 0 Å². The number of anilines is 1. The van der Waals surface area contributed by atoms with Crippen LogP contribution in [-0.2, 0) is 0 Å². The number of aromatic amines is 1. The summed E-state index contributed by atoms with van der Waals surface area (Å²) in [7, 11) is 1.49. The normalized spacial score (nSPS) is 10.2. The number of aromatic nitrogens is 4. The Bertz CT molecular complexity index is 608. The second-order valence-electron chi connectivity index (χ2n) is 3.37. The fraction of sp³-hybridized carbons (Fsp3) is 0.200. The van der Waals surface area contributed by atoms with Gasteiger partial charge in [-0.3, -0.25) is 4.79 Å². The first-order valence-electron chi connectivity index (χ1n) is 4.84. The molecular weight excluding hydrogens is 222 g/mol. The molecule has 0 aliphatic heterocycles. The monoisotopic (exact) mass is 233 g/mol. The van der Waals surface area contributed by atoms with Gasteiger partial charge in [-0.1, -0.05) is 0 Å². The number of nitrogens with zero attached hydrogens (tertiary/aromatic N) is 3. The van der Waals surface area contributed by atoms with Crippen LogP contribution in [0.1, 0.15) is 5.56 Å². The standard InChI is InChI=1S/C10H11N5O2/c1-5-8(11)14-9(15-10(5)16)6-3-7(17-2)13-4-12-6/h3-4H,1-2H3,(H3,11,14,15,16). The molecule has 2 rings (SSSR count). The summed E-state index contributed by atoms with van der Waals surface area (Å²) >= 11 is 0. The van der Waals surface area contributed by atoms with Crippen LogP contribution in [0.3, 0.4) is 0 Å². The molecule has 7 heteroatoms. The molecule has 2 aromatic heterocycles. The Morgan fingerprint density at radius 2 is 2.18 bits per heavy atom. The van der Waals surface area contributed by atoms with Crippen LogP contribution < -0.4 is 16.0 Å². The Morgan fingerprint density at radius 3 is 2.82 bits per heavy atom. The van der Waals surface area contributed by atoms with Gasteiger partial charge < -0.3 is 15.5 Å². The van der Waals surface area contributed by atoms with E-state index in [0.29, 0.717) is 23.0 Å². The van der Waals surface area contributed by atoms with Crippen molar-refractivity contribution in [2.75, 3.05) is 12.8 Å². The van der Waals surface area contributed by atoms with Gasteiger partial charge in [0.2, 0.25) is 5.88 Å². The summed E-state index contributed by atoms with van der Waals surface area (Å²) in [6, 6.07) is 1.56. The maximum atomic E-state index is 11.5. The second kappa shape index (κ2) is 4.20. The van der Waals surface area contributed by atoms with Crippen molar-refractivity contribution >= 4 is 5.82 Å². The third-order valence-electron chi connectivity index (χ3n) is 2.28. The molecule has 0 fully saturated rings. The number of hydrogen-bond acceptors (Lipinski definition) is 6. The maximum absolute atomic E-state index is 11.5. The van der Waals surface area contributed by atoms with Crippen molar-refractivity contribution < 1.29 is 4.74 Å². The maximum Gasteiger partial charge on any atom is 0.256 e. The lowest BCUT2D eigenvalue weighted by Crippen LogP contribution is -2.15. The third-order valence-corrected chi connectivity index (χ3v) is 2.28. The van der Waals surface area contributed by atoms with Crippen LogP contribution >= 0.6 is 0 Å². The highest BCUT2D eigenvalue weighted by atomic mass is 16.5. The van der Waals surface area contributed by atoms with Crippen LogP contribution in [0.5, 0.6) is 5.88 Å². The first-order chi connectivity index (χ1) is 8.11. The summed E-state index contributed by atoms with van der Waals surface area (Å²) in [5.74, 6) is 0.858. The van der Waals surface area contributed by atoms with E-state index in [9.17, 15) is 4.79 Å². The van der Waals surface area contributed by atoms with Crippen molar-refractivity contribution in [3.8, 4) is 17.4 Å². The van der Waals surface area contributed by atoms with Gasteiger partial charge in [-0.15, -0.1) is 0 Å². The van der Waals surface area contributed by atoms with Gasteiger partial charge in [0.25, 0.3) is 5.56 Å². The molecule has 17 heavy (non-hydrogen) atoms. The van der Waals surface area contributed by atoms with Crippen molar-refractivity contribution in [2.24, 2.45) is 0 Å². The molecule has 0 saturated heterocycles. The Morgan fingerprint density at radius 1 is 1.41 bits per heavy atom. The Hall–Kier alpha value is -2.44. The van der Waals surface area contributed by atoms with Crippen LogP contribution in [0.25, 0.3) is 11.5 Å². The van der Waals surface area contributed by atoms with Gasteiger partial charge in [-0.25, -0.2) is 15.0 Å². The first kappa shape index (κ1) is 11.1. The minimum absolute atomic E-state index is 0.182. The molecule has 7 nitrogen and oxygen atoms in total. The molecular formula is C10H11N5O2. The lowest BCUT2D eigenvalue weighted by atomic mass is 10.3. The molecule has 0 saturated carbocycles. The fourth-order valence-corrected chi connectivity index (χ4v) is 1.25. The molecule has 0 aliphatic rings. The SMILES string of the molecule is COc1cc(-c2nc(N)c(C)c(=O)[nH]2)ncn1. The lowest BCUT2D eigenvalue weighted by molar-refractivity contribution is 0.397. The molecule has 0 bridgehead atoms. The lowest BCUT2D eigenvalue weighted by Gasteiger charge is -2.04. The number of H-pyrrole nitrogens is 1. The molecule has 0 radical (unpaired) electrons. The number of nitrogens with two attached hydrogens (primary N) is 1. The molecule has 3 N–H and O–H groups in total. The van der Waals surface area contributed by atoms with E-state index in [4.69, 9.17) is 10.5 Å². The highest BCUT2D eigenvalue weighted by Crippen LogP contribution is 2.15. The van der Waals surface area contributed by atoms with E-state index in [2.05, 4.69) is 19.9 Å². The van der Waals surface area contributed by atoms with E-state index in [0.717, 1.165) is 0 Å². The summed E-state index contributed by atoms with van der Waals surface area (Å²) in [5.41, 5.74) is 6.17. The summed E-state index contributed by atoms with van der Waals surface area (Å²) < 4.78 is 4.96. The summed E-state index contributed by atoms with van der Waals surface area (Å²) in [6.45, 7) is 1.60. The third kappa shape index (κ3) is 2.07. The van der Waals surface area contributed by atoms with Gasteiger partial charge >= 0.3 is 0 Å². The van der Waals surface area contributed by atoms with Gasteiger partial charge in [-0.2, -0.15) is 0 Å². The summed E-state index contributed by atoms with van der Waals surface area (Å²) in [4.78, 5) is 26.0. The number of rotatable bonds is 2. The predicted octanol–water partition coefficient (Wildman–Crippen LogP) is 0.126. The highest BCUT2D eigenvalue weighted by molar-refractivity contribution is 5.53. The molecule has 88 valence electrons. The van der Waals surface area contributed by atoms with Gasteiger partial charge in [0.1, 0.15) is 17.8 Å². The quantitative estimate of drug-likeness (QED) is 0.763. The topological polar surface area (TPSA) is 107 Å². The Kier molecular flexibility index (Phi) is 2.73. The zero-order valence-corrected chi connectivity index (χ0v) is 9.39. The van der Waals surface area contributed by atoms with E-state index in [1.54, 1.807) is 13.0 Å². The molecule has 2 heterocycles. The van der Waals surface area contributed by atoms with Gasteiger partial charge in [0.15, 0.2) is 5.82 Å². The highest BCUT2D eigenvalue weighted by Gasteiger charge is 2.08. The van der Waals surface area contributed by atoms with Crippen molar-refractivity contribution in [3.05, 3.63) is 28.3 Å². The molecule has 0 aromatic carbocycles. The summed E-state index contributed by atoms with van der Waals surface area (Å²) in [6.07, 6.45) is 1.32. The van der Waals surface area contributed by atoms with Crippen LogP contribution in [0.2, 0.25) is 0 Å². The van der Waals surface area contributed by atoms with Crippen molar-refractivity contribution in [1.29, 1.82) is 0 Å². The van der Waals surface area contributed by atoms with Gasteiger partial charge in [0.05, 0.1) is 12.7 Å². The van der Waals surface area contributed by atoms with Crippen LogP contribution in [-0.4, -0.2) is 27.0 Å². The van der Waals surface area contributed by atoms with Crippen LogP contribution in [0.15, 0.2) is 17.2 Å². The second-order valence-corrected chi connectivity index (χ2v) is 3.37. The van der Waals surface area contributed by atoms with Gasteiger partial charge in [0, 0.05) is 6.07 Å².